The summed E-state index contributed by atoms with van der Waals surface area (Å²) in [5, 5.41) is 3.61. The monoisotopic (exact) mass is 249 g/mol. The zero-order valence-corrected chi connectivity index (χ0v) is 12.3. The second kappa shape index (κ2) is 5.87. The summed E-state index contributed by atoms with van der Waals surface area (Å²) in [6.07, 6.45) is 6.20. The molecule has 2 rings (SSSR count). The molecule has 18 heavy (non-hydrogen) atoms. The van der Waals surface area contributed by atoms with Gasteiger partial charge in [-0.3, -0.25) is 0 Å². The van der Waals surface area contributed by atoms with Crippen LogP contribution in [0.2, 0.25) is 0 Å². The van der Waals surface area contributed by atoms with Gasteiger partial charge in [0.25, 0.3) is 0 Å². The van der Waals surface area contributed by atoms with Crippen molar-refractivity contribution >= 4 is 0 Å². The third kappa shape index (κ3) is 2.61. The number of hydrogen-bond acceptors (Lipinski definition) is 2. The molecule has 0 radical (unpaired) electrons. The molecule has 0 amide bonds. The van der Waals surface area contributed by atoms with Gasteiger partial charge in [-0.25, -0.2) is 4.98 Å². The maximum atomic E-state index is 4.77. The summed E-state index contributed by atoms with van der Waals surface area (Å²) < 4.78 is 2.47. The lowest BCUT2D eigenvalue weighted by atomic mass is 10.00. The standard InChI is InChI=1S/C15H27N3/c1-5-10-16-11(2)12(3)18-13(4)17-14-8-6-7-9-15(14)18/h11-12,16H,5-10H2,1-4H3. The van der Waals surface area contributed by atoms with Crippen molar-refractivity contribution in [1.82, 2.24) is 14.9 Å². The van der Waals surface area contributed by atoms with Gasteiger partial charge in [-0.1, -0.05) is 6.92 Å². The number of hydrogen-bond donors (Lipinski definition) is 1. The van der Waals surface area contributed by atoms with Crippen LogP contribution in [0.5, 0.6) is 0 Å². The highest BCUT2D eigenvalue weighted by Gasteiger charge is 2.23. The topological polar surface area (TPSA) is 29.9 Å². The third-order valence-corrected chi connectivity index (χ3v) is 4.19. The van der Waals surface area contributed by atoms with Crippen LogP contribution in [-0.4, -0.2) is 22.1 Å². The second-order valence-corrected chi connectivity index (χ2v) is 5.61. The van der Waals surface area contributed by atoms with Gasteiger partial charge in [0.2, 0.25) is 0 Å². The Labute approximate surface area is 111 Å². The SMILES string of the molecule is CCCNC(C)C(C)n1c(C)nc2c1CCCC2. The average Bonchev–Trinajstić information content (AvgIpc) is 2.70. The van der Waals surface area contributed by atoms with Gasteiger partial charge in [-0.2, -0.15) is 0 Å². The van der Waals surface area contributed by atoms with Crippen LogP contribution in [0.1, 0.15) is 63.3 Å². The largest absolute Gasteiger partial charge is 0.328 e. The highest BCUT2D eigenvalue weighted by molar-refractivity contribution is 5.21. The Morgan fingerprint density at radius 3 is 2.72 bits per heavy atom. The van der Waals surface area contributed by atoms with E-state index < -0.39 is 0 Å². The average molecular weight is 249 g/mol. The maximum Gasteiger partial charge on any atom is 0.106 e. The molecule has 1 N–H and O–H groups in total. The molecule has 0 fully saturated rings. The van der Waals surface area contributed by atoms with Gasteiger partial charge in [0, 0.05) is 17.8 Å². The van der Waals surface area contributed by atoms with E-state index >= 15 is 0 Å². The lowest BCUT2D eigenvalue weighted by Crippen LogP contribution is -2.35. The van der Waals surface area contributed by atoms with Crippen molar-refractivity contribution in [2.75, 3.05) is 6.54 Å². The van der Waals surface area contributed by atoms with Crippen LogP contribution in [0.3, 0.4) is 0 Å². The lowest BCUT2D eigenvalue weighted by Gasteiger charge is -2.26. The van der Waals surface area contributed by atoms with Gasteiger partial charge < -0.3 is 9.88 Å². The minimum absolute atomic E-state index is 0.492. The first kappa shape index (κ1) is 13.6. The quantitative estimate of drug-likeness (QED) is 0.869. The fourth-order valence-corrected chi connectivity index (χ4v) is 3.00. The Balaban J connectivity index is 2.19. The molecule has 1 heterocycles. The van der Waals surface area contributed by atoms with E-state index in [4.69, 9.17) is 4.98 Å². The molecule has 2 atom stereocenters. The van der Waals surface area contributed by atoms with Crippen LogP contribution >= 0.6 is 0 Å². The Hall–Kier alpha value is -0.830. The molecule has 1 aliphatic rings. The molecule has 0 aromatic carbocycles. The Kier molecular flexibility index (Phi) is 4.44. The molecular weight excluding hydrogens is 222 g/mol. The van der Waals surface area contributed by atoms with Gasteiger partial charge >= 0.3 is 0 Å². The Morgan fingerprint density at radius 2 is 2.00 bits per heavy atom. The fourth-order valence-electron chi connectivity index (χ4n) is 3.00. The summed E-state index contributed by atoms with van der Waals surface area (Å²) in [4.78, 5) is 4.77. The van der Waals surface area contributed by atoms with Crippen LogP contribution in [0, 0.1) is 6.92 Å². The van der Waals surface area contributed by atoms with E-state index in [-0.39, 0.29) is 0 Å². The smallest absolute Gasteiger partial charge is 0.106 e. The van der Waals surface area contributed by atoms with Crippen LogP contribution in [0.25, 0.3) is 0 Å². The van der Waals surface area contributed by atoms with E-state index in [2.05, 4.69) is 37.6 Å². The Bertz CT molecular complexity index is 395. The summed E-state index contributed by atoms with van der Waals surface area (Å²) >= 11 is 0. The number of rotatable bonds is 5. The first-order valence-corrected chi connectivity index (χ1v) is 7.45. The molecule has 1 aliphatic carbocycles. The summed E-state index contributed by atoms with van der Waals surface area (Å²) in [5.41, 5.74) is 2.85. The molecule has 0 bridgehead atoms. The van der Waals surface area contributed by atoms with Gasteiger partial charge in [0.15, 0.2) is 0 Å². The summed E-state index contributed by atoms with van der Waals surface area (Å²) in [6, 6.07) is 0.995. The molecule has 0 saturated heterocycles. The Morgan fingerprint density at radius 1 is 1.28 bits per heavy atom. The van der Waals surface area contributed by atoms with E-state index in [1.165, 1.54) is 49.3 Å². The zero-order chi connectivity index (χ0) is 13.1. The number of aryl methyl sites for hydroxylation is 2. The fraction of sp³-hybridized carbons (Fsp3) is 0.800. The van der Waals surface area contributed by atoms with Crippen molar-refractivity contribution in [1.29, 1.82) is 0 Å². The highest BCUT2D eigenvalue weighted by atomic mass is 15.1. The normalized spacial score (nSPS) is 18.4. The van der Waals surface area contributed by atoms with Crippen molar-refractivity contribution in [3.8, 4) is 0 Å². The molecule has 3 heteroatoms. The first-order chi connectivity index (χ1) is 8.65. The van der Waals surface area contributed by atoms with Crippen molar-refractivity contribution in [3.63, 3.8) is 0 Å². The molecule has 1 aromatic heterocycles. The number of nitrogens with one attached hydrogen (secondary N) is 1. The van der Waals surface area contributed by atoms with Crippen LogP contribution in [0.4, 0.5) is 0 Å². The van der Waals surface area contributed by atoms with E-state index in [1.807, 2.05) is 0 Å². The number of nitrogens with zero attached hydrogens (tertiary/aromatic N) is 2. The summed E-state index contributed by atoms with van der Waals surface area (Å²) in [5.74, 6) is 1.19. The minimum atomic E-state index is 0.492. The summed E-state index contributed by atoms with van der Waals surface area (Å²) in [6.45, 7) is 10.1. The van der Waals surface area contributed by atoms with E-state index in [1.54, 1.807) is 0 Å². The van der Waals surface area contributed by atoms with Crippen molar-refractivity contribution in [2.45, 2.75) is 71.9 Å². The first-order valence-electron chi connectivity index (χ1n) is 7.45. The summed E-state index contributed by atoms with van der Waals surface area (Å²) in [7, 11) is 0. The number of aromatic nitrogens is 2. The van der Waals surface area contributed by atoms with Gasteiger partial charge in [-0.05, 0) is 59.4 Å². The molecule has 3 nitrogen and oxygen atoms in total. The maximum absolute atomic E-state index is 4.77. The van der Waals surface area contributed by atoms with E-state index in [9.17, 15) is 0 Å². The molecule has 102 valence electrons. The van der Waals surface area contributed by atoms with Crippen LogP contribution in [0.15, 0.2) is 0 Å². The molecule has 0 spiro atoms. The van der Waals surface area contributed by atoms with E-state index in [0.29, 0.717) is 12.1 Å². The lowest BCUT2D eigenvalue weighted by molar-refractivity contribution is 0.377. The van der Waals surface area contributed by atoms with Crippen molar-refractivity contribution < 1.29 is 0 Å². The van der Waals surface area contributed by atoms with Crippen LogP contribution in [-0.2, 0) is 12.8 Å². The van der Waals surface area contributed by atoms with Gasteiger partial charge in [0.1, 0.15) is 5.82 Å². The molecule has 1 aromatic rings. The number of fused-ring (bicyclic) bond motifs is 1. The highest BCUT2D eigenvalue weighted by Crippen LogP contribution is 2.26. The zero-order valence-electron chi connectivity index (χ0n) is 12.3. The van der Waals surface area contributed by atoms with Gasteiger partial charge in [0.05, 0.1) is 5.69 Å². The van der Waals surface area contributed by atoms with Crippen LogP contribution < -0.4 is 5.32 Å². The third-order valence-electron chi connectivity index (χ3n) is 4.19. The van der Waals surface area contributed by atoms with E-state index in [0.717, 1.165) is 6.54 Å². The molecule has 0 aliphatic heterocycles. The van der Waals surface area contributed by atoms with Crippen molar-refractivity contribution in [2.24, 2.45) is 0 Å². The number of imidazole rings is 1. The minimum Gasteiger partial charge on any atom is -0.328 e. The molecular formula is C15H27N3. The van der Waals surface area contributed by atoms with Crippen molar-refractivity contribution in [3.05, 3.63) is 17.2 Å². The predicted octanol–water partition coefficient (Wildman–Crippen LogP) is 3.02. The van der Waals surface area contributed by atoms with Gasteiger partial charge in [-0.15, -0.1) is 0 Å². The molecule has 0 saturated carbocycles. The second-order valence-electron chi connectivity index (χ2n) is 5.61. The predicted molar refractivity (Wildman–Crippen MR) is 76.1 cm³/mol. The molecule has 2 unspecified atom stereocenters.